The fourth-order valence-corrected chi connectivity index (χ4v) is 3.25. The van der Waals surface area contributed by atoms with Gasteiger partial charge in [0.1, 0.15) is 0 Å². The zero-order valence-electron chi connectivity index (χ0n) is 11.8. The largest absolute Gasteiger partial charge is 0.379 e. The van der Waals surface area contributed by atoms with E-state index in [9.17, 15) is 0 Å². The summed E-state index contributed by atoms with van der Waals surface area (Å²) in [5.41, 5.74) is 3.72. The monoisotopic (exact) mass is 364 g/mol. The summed E-state index contributed by atoms with van der Waals surface area (Å²) in [5.74, 6) is 0. The van der Waals surface area contributed by atoms with Crippen molar-refractivity contribution < 1.29 is 0 Å². The van der Waals surface area contributed by atoms with E-state index in [-0.39, 0.29) is 0 Å². The molecule has 0 aromatic heterocycles. The van der Waals surface area contributed by atoms with E-state index in [0.29, 0.717) is 0 Å². The van der Waals surface area contributed by atoms with Crippen LogP contribution in [0.2, 0.25) is 5.02 Å². The third-order valence-electron chi connectivity index (χ3n) is 3.82. The molecule has 1 N–H and O–H groups in total. The van der Waals surface area contributed by atoms with Crippen molar-refractivity contribution >= 4 is 38.9 Å². The quantitative estimate of drug-likeness (QED) is 0.789. The fourth-order valence-electron chi connectivity index (χ4n) is 2.70. The minimum Gasteiger partial charge on any atom is -0.379 e. The van der Waals surface area contributed by atoms with Gasteiger partial charge in [-0.1, -0.05) is 29.8 Å². The molecule has 4 heteroatoms. The number of nitrogens with zero attached hydrogens (tertiary/aromatic N) is 1. The highest BCUT2D eigenvalue weighted by molar-refractivity contribution is 9.10. The Kier molecular flexibility index (Phi) is 4.71. The Morgan fingerprint density at radius 1 is 1.10 bits per heavy atom. The van der Waals surface area contributed by atoms with Crippen molar-refractivity contribution in [3.05, 3.63) is 57.5 Å². The van der Waals surface area contributed by atoms with E-state index in [0.717, 1.165) is 29.1 Å². The van der Waals surface area contributed by atoms with Gasteiger partial charge in [0, 0.05) is 24.1 Å². The van der Waals surface area contributed by atoms with Gasteiger partial charge in [0.25, 0.3) is 0 Å². The molecule has 0 spiro atoms. The number of rotatable bonds is 4. The summed E-state index contributed by atoms with van der Waals surface area (Å²) in [7, 11) is 0. The van der Waals surface area contributed by atoms with Crippen LogP contribution in [0.1, 0.15) is 18.4 Å². The second kappa shape index (κ2) is 6.71. The Balaban J connectivity index is 1.74. The molecule has 0 radical (unpaired) electrons. The molecule has 0 unspecified atom stereocenters. The van der Waals surface area contributed by atoms with Crippen LogP contribution in [0.5, 0.6) is 0 Å². The van der Waals surface area contributed by atoms with Crippen LogP contribution in [-0.2, 0) is 6.54 Å². The lowest BCUT2D eigenvalue weighted by molar-refractivity contribution is 0.949. The molecule has 0 bridgehead atoms. The predicted molar refractivity (Wildman–Crippen MR) is 94.4 cm³/mol. The Morgan fingerprint density at radius 3 is 2.62 bits per heavy atom. The molecule has 0 atom stereocenters. The first kappa shape index (κ1) is 14.7. The van der Waals surface area contributed by atoms with Crippen LogP contribution in [0, 0.1) is 0 Å². The minimum absolute atomic E-state index is 0.746. The molecule has 1 heterocycles. The van der Waals surface area contributed by atoms with Gasteiger partial charge in [0.15, 0.2) is 0 Å². The third kappa shape index (κ3) is 3.53. The Hall–Kier alpha value is -1.19. The average molecular weight is 366 g/mol. The number of hydrogen-bond acceptors (Lipinski definition) is 2. The van der Waals surface area contributed by atoms with Gasteiger partial charge in [0.05, 0.1) is 16.4 Å². The Morgan fingerprint density at radius 2 is 1.86 bits per heavy atom. The first-order valence-corrected chi connectivity index (χ1v) is 8.43. The van der Waals surface area contributed by atoms with Crippen molar-refractivity contribution in [1.82, 2.24) is 0 Å². The van der Waals surface area contributed by atoms with E-state index in [2.05, 4.69) is 62.5 Å². The second-order valence-electron chi connectivity index (χ2n) is 5.31. The van der Waals surface area contributed by atoms with E-state index >= 15 is 0 Å². The van der Waals surface area contributed by atoms with Crippen molar-refractivity contribution in [1.29, 1.82) is 0 Å². The number of para-hydroxylation sites is 2. The molecular formula is C17H18BrClN2. The highest BCUT2D eigenvalue weighted by Gasteiger charge is 2.15. The molecule has 110 valence electrons. The van der Waals surface area contributed by atoms with Gasteiger partial charge in [-0.05, 0) is 58.6 Å². The van der Waals surface area contributed by atoms with Crippen molar-refractivity contribution in [3.8, 4) is 0 Å². The summed E-state index contributed by atoms with van der Waals surface area (Å²) in [4.78, 5) is 2.46. The molecule has 2 aromatic rings. The lowest BCUT2D eigenvalue weighted by Crippen LogP contribution is -2.19. The summed E-state index contributed by atoms with van der Waals surface area (Å²) in [6, 6.07) is 14.6. The van der Waals surface area contributed by atoms with Crippen molar-refractivity contribution in [3.63, 3.8) is 0 Å². The lowest BCUT2D eigenvalue weighted by atomic mass is 10.2. The first-order valence-electron chi connectivity index (χ1n) is 7.26. The summed E-state index contributed by atoms with van der Waals surface area (Å²) in [6.45, 7) is 3.11. The van der Waals surface area contributed by atoms with Gasteiger partial charge in [-0.25, -0.2) is 0 Å². The van der Waals surface area contributed by atoms with E-state index in [4.69, 9.17) is 11.6 Å². The van der Waals surface area contributed by atoms with Gasteiger partial charge in [-0.2, -0.15) is 0 Å². The van der Waals surface area contributed by atoms with Crippen LogP contribution in [0.3, 0.4) is 0 Å². The van der Waals surface area contributed by atoms with E-state index in [1.807, 2.05) is 6.07 Å². The van der Waals surface area contributed by atoms with Crippen molar-refractivity contribution in [2.24, 2.45) is 0 Å². The Labute approximate surface area is 139 Å². The van der Waals surface area contributed by atoms with Crippen LogP contribution >= 0.6 is 27.5 Å². The molecule has 0 amide bonds. The molecule has 0 saturated carbocycles. The van der Waals surface area contributed by atoms with Gasteiger partial charge >= 0.3 is 0 Å². The molecule has 1 saturated heterocycles. The van der Waals surface area contributed by atoms with E-state index < -0.39 is 0 Å². The van der Waals surface area contributed by atoms with Crippen LogP contribution in [0.15, 0.2) is 46.9 Å². The maximum Gasteiger partial charge on any atom is 0.0602 e. The van der Waals surface area contributed by atoms with Gasteiger partial charge in [-0.15, -0.1) is 0 Å². The number of anilines is 2. The van der Waals surface area contributed by atoms with E-state index in [1.54, 1.807) is 0 Å². The molecule has 1 aliphatic heterocycles. The van der Waals surface area contributed by atoms with Gasteiger partial charge in [0.2, 0.25) is 0 Å². The number of hydrogen-bond donors (Lipinski definition) is 1. The second-order valence-corrected chi connectivity index (χ2v) is 6.57. The number of nitrogens with one attached hydrogen (secondary N) is 1. The smallest absolute Gasteiger partial charge is 0.0602 e. The highest BCUT2D eigenvalue weighted by Crippen LogP contribution is 2.29. The molecule has 3 rings (SSSR count). The van der Waals surface area contributed by atoms with Gasteiger partial charge < -0.3 is 10.2 Å². The summed E-state index contributed by atoms with van der Waals surface area (Å²) in [6.07, 6.45) is 2.58. The average Bonchev–Trinajstić information content (AvgIpc) is 3.03. The minimum atomic E-state index is 0.746. The van der Waals surface area contributed by atoms with E-state index in [1.165, 1.54) is 29.8 Å². The highest BCUT2D eigenvalue weighted by atomic mass is 79.9. The first-order chi connectivity index (χ1) is 10.2. The molecule has 21 heavy (non-hydrogen) atoms. The third-order valence-corrected chi connectivity index (χ3v) is 5.03. The maximum atomic E-state index is 6.04. The van der Waals surface area contributed by atoms with Crippen LogP contribution in [0.4, 0.5) is 11.4 Å². The topological polar surface area (TPSA) is 15.3 Å². The standard InChI is InChI=1S/C17H18BrClN2/c18-14-11-13(7-8-15(14)19)12-20-16-5-1-2-6-17(16)21-9-3-4-10-21/h1-2,5-8,11,20H,3-4,9-10,12H2. The summed E-state index contributed by atoms with van der Waals surface area (Å²) in [5, 5.41) is 4.29. The lowest BCUT2D eigenvalue weighted by Gasteiger charge is -2.22. The molecule has 1 fully saturated rings. The van der Waals surface area contributed by atoms with Crippen LogP contribution in [-0.4, -0.2) is 13.1 Å². The molecular weight excluding hydrogens is 348 g/mol. The number of benzene rings is 2. The molecule has 2 nitrogen and oxygen atoms in total. The summed E-state index contributed by atoms with van der Waals surface area (Å²) < 4.78 is 0.941. The van der Waals surface area contributed by atoms with Crippen LogP contribution < -0.4 is 10.2 Å². The fraction of sp³-hybridized carbons (Fsp3) is 0.294. The molecule has 2 aromatic carbocycles. The van der Waals surface area contributed by atoms with Crippen molar-refractivity contribution in [2.45, 2.75) is 19.4 Å². The summed E-state index contributed by atoms with van der Waals surface area (Å²) >= 11 is 9.51. The Bertz CT molecular complexity index is 624. The molecule has 1 aliphatic rings. The number of halogens is 2. The SMILES string of the molecule is Clc1ccc(CNc2ccccc2N2CCCC2)cc1Br. The zero-order valence-corrected chi connectivity index (χ0v) is 14.1. The zero-order chi connectivity index (χ0) is 14.7. The maximum absolute atomic E-state index is 6.04. The normalized spacial score (nSPS) is 14.5. The van der Waals surface area contributed by atoms with Gasteiger partial charge in [-0.3, -0.25) is 0 Å². The van der Waals surface area contributed by atoms with Crippen molar-refractivity contribution in [2.75, 3.05) is 23.3 Å². The predicted octanol–water partition coefficient (Wildman–Crippen LogP) is 5.31. The van der Waals surface area contributed by atoms with Crippen LogP contribution in [0.25, 0.3) is 0 Å². The molecule has 0 aliphatic carbocycles.